The fourth-order valence-electron chi connectivity index (χ4n) is 6.12. The molecular formula is C41H39Cl2F6LiN6O7. The Morgan fingerprint density at radius 3 is 1.46 bits per heavy atom. The Bertz CT molecular complexity index is 2360. The Morgan fingerprint density at radius 1 is 0.683 bits per heavy atom. The van der Waals surface area contributed by atoms with Gasteiger partial charge in [-0.15, -0.1) is 0 Å². The van der Waals surface area contributed by atoms with Crippen LogP contribution in [0.25, 0.3) is 0 Å². The quantitative estimate of drug-likeness (QED) is 0.0658. The van der Waals surface area contributed by atoms with Gasteiger partial charge in [-0.25, -0.2) is 40.5 Å². The number of carboxylic acid groups (broad SMARTS) is 1. The molecule has 2 aromatic heterocycles. The third-order valence-corrected chi connectivity index (χ3v) is 9.44. The number of rotatable bonds is 16. The predicted octanol–water partition coefficient (Wildman–Crippen LogP) is 5.23. The zero-order chi connectivity index (χ0) is 43.7. The molecule has 0 unspecified atom stereocenters. The second-order valence-electron chi connectivity index (χ2n) is 12.9. The first kappa shape index (κ1) is 53.5. The number of Topliss-reactive ketones (excluding diaryl/α,β-unsaturated/α-hetero) is 1. The van der Waals surface area contributed by atoms with Crippen molar-refractivity contribution in [2.75, 3.05) is 37.9 Å². The van der Waals surface area contributed by atoms with Crippen LogP contribution in [0.1, 0.15) is 50.2 Å². The van der Waals surface area contributed by atoms with E-state index >= 15 is 0 Å². The number of aromatic carboxylic acids is 1. The van der Waals surface area contributed by atoms with Gasteiger partial charge in [0.1, 0.15) is 29.0 Å². The van der Waals surface area contributed by atoms with Crippen molar-refractivity contribution in [3.8, 4) is 11.8 Å². The standard InChI is InChI=1S/C21H19ClF3N3O2.C20H17ClF3N3O3.Li.2H2O/c1-12(29)20-15(8-9-26-18-5-3-4-16(22)19(18)25)21(30-2)28(27-20)11-13-10-14(23)6-7-17(13)24;1-30-19-13(7-8-25-16-4-2-3-14(21)17(16)24)18(20(28)29)26-27(19)10-11-9-12(22)5-6-15(11)23;;;/h3-7,10,26H,8-9,11H2,1-2H3;2-6,9,25H,7-8,10H2,1H3,(H,28,29);;2*1H2/q;;+1;;/p-1. The molecule has 13 nitrogen and oxygen atoms in total. The summed E-state index contributed by atoms with van der Waals surface area (Å²) >= 11 is 11.5. The number of halogens is 8. The van der Waals surface area contributed by atoms with Gasteiger partial charge >= 0.3 is 24.8 Å². The first-order valence-electron chi connectivity index (χ1n) is 17.9. The number of benzene rings is 4. The van der Waals surface area contributed by atoms with Gasteiger partial charge in [-0.1, -0.05) is 35.3 Å². The number of hydrogen-bond donors (Lipinski definition) is 3. The monoisotopic (exact) mass is 918 g/mol. The summed E-state index contributed by atoms with van der Waals surface area (Å²) in [6.07, 6.45) is 0.387. The summed E-state index contributed by atoms with van der Waals surface area (Å²) in [7, 11) is 2.71. The Morgan fingerprint density at radius 2 is 1.08 bits per heavy atom. The van der Waals surface area contributed by atoms with Crippen LogP contribution >= 0.6 is 23.2 Å². The third-order valence-electron chi connectivity index (χ3n) is 8.86. The Labute approximate surface area is 378 Å². The summed E-state index contributed by atoms with van der Waals surface area (Å²) in [6, 6.07) is 15.1. The number of aromatic nitrogens is 4. The van der Waals surface area contributed by atoms with Crippen molar-refractivity contribution in [1.82, 2.24) is 19.6 Å². The molecule has 22 heteroatoms. The average Bonchev–Trinajstić information content (AvgIpc) is 3.75. The van der Waals surface area contributed by atoms with Crippen molar-refractivity contribution in [1.29, 1.82) is 0 Å². The van der Waals surface area contributed by atoms with Gasteiger partial charge in [-0.05, 0) is 73.5 Å². The molecular weight excluding hydrogens is 880 g/mol. The van der Waals surface area contributed by atoms with E-state index in [0.717, 1.165) is 41.1 Å². The number of methoxy groups -OCH3 is 2. The minimum atomic E-state index is -1.31. The second-order valence-corrected chi connectivity index (χ2v) is 13.7. The van der Waals surface area contributed by atoms with E-state index < -0.39 is 40.9 Å². The van der Waals surface area contributed by atoms with E-state index in [4.69, 9.17) is 32.7 Å². The van der Waals surface area contributed by atoms with E-state index in [9.17, 15) is 41.0 Å². The summed E-state index contributed by atoms with van der Waals surface area (Å²) < 4.78 is 96.2. The molecule has 0 atom stereocenters. The summed E-state index contributed by atoms with van der Waals surface area (Å²) in [5, 5.41) is 23.4. The van der Waals surface area contributed by atoms with Gasteiger partial charge in [0, 0.05) is 36.7 Å². The maximum atomic E-state index is 14.0. The van der Waals surface area contributed by atoms with Gasteiger partial charge in [-0.2, -0.15) is 10.2 Å². The molecule has 0 saturated heterocycles. The SMILES string of the molecule is COc1c(CCNc2cccc(Cl)c2F)c(C(=O)O)nn1Cc1cc(F)ccc1F.COc1c(CCNc2cccc(Cl)c2F)c(C(C)=O)nn1Cc1cc(F)ccc1F.O.[Li+].[OH-]. The van der Waals surface area contributed by atoms with Crippen LogP contribution in [0.3, 0.4) is 0 Å². The van der Waals surface area contributed by atoms with Crippen molar-refractivity contribution >= 4 is 46.3 Å². The molecule has 6 aromatic rings. The van der Waals surface area contributed by atoms with E-state index in [-0.39, 0.29) is 136 Å². The van der Waals surface area contributed by atoms with Crippen LogP contribution in [-0.4, -0.2) is 74.7 Å². The molecule has 0 amide bonds. The van der Waals surface area contributed by atoms with Gasteiger partial charge in [-0.3, -0.25) is 4.79 Å². The maximum Gasteiger partial charge on any atom is 1.00 e. The van der Waals surface area contributed by atoms with Crippen molar-refractivity contribution in [2.24, 2.45) is 0 Å². The minimum Gasteiger partial charge on any atom is -0.870 e. The predicted molar refractivity (Wildman–Crippen MR) is 218 cm³/mol. The Kier molecular flexibility index (Phi) is 20.6. The fourth-order valence-corrected chi connectivity index (χ4v) is 6.47. The Hall–Kier alpha value is -5.68. The summed E-state index contributed by atoms with van der Waals surface area (Å²) in [5.74, 6) is -4.96. The molecule has 6 N–H and O–H groups in total. The number of carbonyl (C=O) groups excluding carboxylic acids is 1. The molecule has 0 saturated carbocycles. The number of nitrogens with one attached hydrogen (secondary N) is 2. The van der Waals surface area contributed by atoms with E-state index in [0.29, 0.717) is 5.56 Å². The summed E-state index contributed by atoms with van der Waals surface area (Å²) in [4.78, 5) is 23.7. The number of nitrogens with zero attached hydrogens (tertiary/aromatic N) is 4. The molecule has 0 aliphatic heterocycles. The molecule has 2 heterocycles. The average molecular weight is 920 g/mol. The topological polar surface area (TPSA) is 194 Å². The van der Waals surface area contributed by atoms with Gasteiger partial charge in [0.25, 0.3) is 0 Å². The van der Waals surface area contributed by atoms with Gasteiger partial charge in [0.2, 0.25) is 11.8 Å². The summed E-state index contributed by atoms with van der Waals surface area (Å²) in [5.41, 5.74) is 1.00. The number of anilines is 2. The van der Waals surface area contributed by atoms with Crippen molar-refractivity contribution in [3.05, 3.63) is 151 Å². The van der Waals surface area contributed by atoms with Gasteiger partial charge < -0.3 is 36.2 Å². The van der Waals surface area contributed by atoms with Crippen LogP contribution < -0.4 is 39.0 Å². The van der Waals surface area contributed by atoms with Crippen LogP contribution in [-0.2, 0) is 25.9 Å². The van der Waals surface area contributed by atoms with E-state index in [1.165, 1.54) is 44.0 Å². The number of hydrogen-bond acceptors (Lipinski definition) is 9. The molecule has 63 heavy (non-hydrogen) atoms. The molecule has 6 rings (SSSR count). The number of ketones is 1. The van der Waals surface area contributed by atoms with E-state index in [1.54, 1.807) is 18.2 Å². The maximum absolute atomic E-state index is 14.0. The molecule has 0 aliphatic carbocycles. The molecule has 332 valence electrons. The first-order chi connectivity index (χ1) is 28.6. The minimum absolute atomic E-state index is 0. The molecule has 0 bridgehead atoms. The van der Waals surface area contributed by atoms with Crippen molar-refractivity contribution < 1.29 is 80.3 Å². The number of carboxylic acids is 1. The van der Waals surface area contributed by atoms with E-state index in [1.807, 2.05) is 0 Å². The van der Waals surface area contributed by atoms with E-state index in [2.05, 4.69) is 20.8 Å². The molecule has 0 radical (unpaired) electrons. The zero-order valence-corrected chi connectivity index (χ0v) is 35.5. The Balaban J connectivity index is 0.000000414. The third kappa shape index (κ3) is 13.2. The molecule has 0 spiro atoms. The summed E-state index contributed by atoms with van der Waals surface area (Å²) in [6.45, 7) is 1.40. The van der Waals surface area contributed by atoms with Crippen molar-refractivity contribution in [3.63, 3.8) is 0 Å². The normalized spacial score (nSPS) is 10.3. The van der Waals surface area contributed by atoms with Crippen LogP contribution in [0.4, 0.5) is 37.7 Å². The van der Waals surface area contributed by atoms with Crippen LogP contribution in [0.15, 0.2) is 72.8 Å². The van der Waals surface area contributed by atoms with Gasteiger partial charge in [0.15, 0.2) is 23.1 Å². The van der Waals surface area contributed by atoms with Crippen molar-refractivity contribution in [2.45, 2.75) is 32.9 Å². The van der Waals surface area contributed by atoms with Crippen LogP contribution in [0.5, 0.6) is 11.8 Å². The number of ether oxygens (including phenoxy) is 2. The molecule has 0 fully saturated rings. The molecule has 4 aromatic carbocycles. The number of carbonyl (C=O) groups is 2. The van der Waals surface area contributed by atoms with Gasteiger partial charge in [0.05, 0.1) is 54.3 Å². The van der Waals surface area contributed by atoms with Crippen LogP contribution in [0.2, 0.25) is 10.0 Å². The molecule has 0 aliphatic rings. The fraction of sp³-hybridized carbons (Fsp3) is 0.220. The van der Waals surface area contributed by atoms with Crippen LogP contribution in [0, 0.1) is 34.9 Å². The smallest absolute Gasteiger partial charge is 0.870 e. The second kappa shape index (κ2) is 24.2. The zero-order valence-electron chi connectivity index (χ0n) is 34.0. The largest absolute Gasteiger partial charge is 1.00 e. The first-order valence-corrected chi connectivity index (χ1v) is 18.6.